The minimum atomic E-state index is -0.813. The van der Waals surface area contributed by atoms with E-state index in [-0.39, 0.29) is 29.7 Å². The Hall–Kier alpha value is -1.14. The Morgan fingerprint density at radius 1 is 1.15 bits per heavy atom. The summed E-state index contributed by atoms with van der Waals surface area (Å²) in [6, 6.07) is -0.350. The number of carbonyl (C=O) groups excluding carboxylic acids is 2. The summed E-state index contributed by atoms with van der Waals surface area (Å²) in [7, 11) is 0. The average Bonchev–Trinajstić information content (AvgIpc) is 2.43. The predicted molar refractivity (Wildman–Crippen MR) is 75.1 cm³/mol. The molecule has 1 spiro atoms. The van der Waals surface area contributed by atoms with Crippen molar-refractivity contribution in [1.82, 2.24) is 15.5 Å². The second-order valence-electron chi connectivity index (χ2n) is 7.11. The molecule has 2 N–H and O–H groups in total. The van der Waals surface area contributed by atoms with E-state index in [9.17, 15) is 9.59 Å². The lowest BCUT2D eigenvalue weighted by molar-refractivity contribution is -0.138. The molecule has 2 aliphatic rings. The van der Waals surface area contributed by atoms with Crippen LogP contribution >= 0.6 is 0 Å². The molecule has 0 bridgehead atoms. The third-order valence-corrected chi connectivity index (χ3v) is 3.83. The van der Waals surface area contributed by atoms with Crippen LogP contribution in [-0.4, -0.2) is 46.8 Å². The SMILES string of the molecule is CCOCN1C(=O)NC2(CC(C)(C)NC(C)(C)C2)C1=O. The number of amides is 3. The molecule has 2 saturated heterocycles. The highest BCUT2D eigenvalue weighted by Gasteiger charge is 2.58. The Kier molecular flexibility index (Phi) is 3.59. The fourth-order valence-electron chi connectivity index (χ4n) is 3.79. The van der Waals surface area contributed by atoms with E-state index in [1.165, 1.54) is 4.90 Å². The molecule has 0 aromatic carbocycles. The van der Waals surface area contributed by atoms with E-state index in [0.717, 1.165) is 0 Å². The second kappa shape index (κ2) is 4.70. The van der Waals surface area contributed by atoms with Crippen molar-refractivity contribution in [2.75, 3.05) is 13.3 Å². The summed E-state index contributed by atoms with van der Waals surface area (Å²) in [4.78, 5) is 26.0. The van der Waals surface area contributed by atoms with Gasteiger partial charge < -0.3 is 15.4 Å². The number of piperidine rings is 1. The largest absolute Gasteiger partial charge is 0.361 e. The van der Waals surface area contributed by atoms with E-state index in [2.05, 4.69) is 38.3 Å². The minimum absolute atomic E-state index is 0.0250. The van der Waals surface area contributed by atoms with Crippen LogP contribution in [0.2, 0.25) is 0 Å². The van der Waals surface area contributed by atoms with Gasteiger partial charge in [-0.05, 0) is 47.5 Å². The second-order valence-corrected chi connectivity index (χ2v) is 7.11. The summed E-state index contributed by atoms with van der Waals surface area (Å²) in [5.74, 6) is -0.168. The minimum Gasteiger partial charge on any atom is -0.361 e. The van der Waals surface area contributed by atoms with E-state index < -0.39 is 5.54 Å². The molecule has 2 aliphatic heterocycles. The van der Waals surface area contributed by atoms with Crippen LogP contribution in [0.25, 0.3) is 0 Å². The molecule has 0 aliphatic carbocycles. The van der Waals surface area contributed by atoms with Crippen LogP contribution in [-0.2, 0) is 9.53 Å². The number of urea groups is 1. The van der Waals surface area contributed by atoms with E-state index in [1.807, 2.05) is 6.92 Å². The van der Waals surface area contributed by atoms with E-state index >= 15 is 0 Å². The smallest absolute Gasteiger partial charge is 0.326 e. The highest BCUT2D eigenvalue weighted by Crippen LogP contribution is 2.39. The van der Waals surface area contributed by atoms with Crippen molar-refractivity contribution in [1.29, 1.82) is 0 Å². The van der Waals surface area contributed by atoms with E-state index in [4.69, 9.17) is 4.74 Å². The number of rotatable bonds is 3. The molecule has 6 heteroatoms. The monoisotopic (exact) mass is 283 g/mol. The third-order valence-electron chi connectivity index (χ3n) is 3.83. The lowest BCUT2D eigenvalue weighted by atomic mass is 9.71. The molecule has 2 fully saturated rings. The van der Waals surface area contributed by atoms with E-state index in [1.54, 1.807) is 0 Å². The summed E-state index contributed by atoms with van der Waals surface area (Å²) in [5.41, 5.74) is -1.24. The first-order chi connectivity index (χ1) is 9.11. The zero-order valence-corrected chi connectivity index (χ0v) is 13.0. The fourth-order valence-corrected chi connectivity index (χ4v) is 3.79. The zero-order valence-electron chi connectivity index (χ0n) is 13.0. The van der Waals surface area contributed by atoms with Gasteiger partial charge in [-0.3, -0.25) is 4.79 Å². The Labute approximate surface area is 120 Å². The standard InChI is InChI=1S/C14H25N3O3/c1-6-20-9-17-10(18)14(15-11(17)19)7-12(2,3)16-13(4,5)8-14/h16H,6-9H2,1-5H3,(H,15,19). The summed E-state index contributed by atoms with van der Waals surface area (Å²) in [5, 5.41) is 6.43. The Balaban J connectivity index is 2.27. The van der Waals surface area contributed by atoms with Crippen molar-refractivity contribution in [2.24, 2.45) is 0 Å². The predicted octanol–water partition coefficient (Wildman–Crippen LogP) is 1.21. The molecular formula is C14H25N3O3. The van der Waals surface area contributed by atoms with Crippen LogP contribution in [0.1, 0.15) is 47.5 Å². The maximum atomic E-state index is 12.7. The van der Waals surface area contributed by atoms with Gasteiger partial charge in [0.1, 0.15) is 12.3 Å². The van der Waals surface area contributed by atoms with E-state index in [0.29, 0.717) is 19.4 Å². The number of nitrogens with one attached hydrogen (secondary N) is 2. The molecule has 20 heavy (non-hydrogen) atoms. The molecule has 0 saturated carbocycles. The molecule has 0 aromatic heterocycles. The highest BCUT2D eigenvalue weighted by atomic mass is 16.5. The van der Waals surface area contributed by atoms with Crippen LogP contribution in [0.3, 0.4) is 0 Å². The van der Waals surface area contributed by atoms with Gasteiger partial charge >= 0.3 is 6.03 Å². The molecule has 0 unspecified atom stereocenters. The Morgan fingerprint density at radius 2 is 1.70 bits per heavy atom. The lowest BCUT2D eigenvalue weighted by Crippen LogP contribution is -2.68. The van der Waals surface area contributed by atoms with Crippen molar-refractivity contribution >= 4 is 11.9 Å². The highest BCUT2D eigenvalue weighted by molar-refractivity contribution is 6.07. The van der Waals surface area contributed by atoms with Crippen LogP contribution in [0.15, 0.2) is 0 Å². The lowest BCUT2D eigenvalue weighted by Gasteiger charge is -2.50. The van der Waals surface area contributed by atoms with Crippen molar-refractivity contribution in [3.8, 4) is 0 Å². The van der Waals surface area contributed by atoms with Gasteiger partial charge in [0.15, 0.2) is 0 Å². The normalized spacial score (nSPS) is 26.9. The molecular weight excluding hydrogens is 258 g/mol. The molecule has 0 radical (unpaired) electrons. The number of nitrogens with zero attached hydrogens (tertiary/aromatic N) is 1. The van der Waals surface area contributed by atoms with Crippen LogP contribution in [0.5, 0.6) is 0 Å². The summed E-state index contributed by atoms with van der Waals surface area (Å²) in [6.07, 6.45) is 1.16. The number of imide groups is 1. The van der Waals surface area contributed by atoms with Crippen molar-refractivity contribution in [2.45, 2.75) is 64.1 Å². The van der Waals surface area contributed by atoms with Gasteiger partial charge in [-0.15, -0.1) is 0 Å². The van der Waals surface area contributed by atoms with Gasteiger partial charge in [-0.25, -0.2) is 9.69 Å². The van der Waals surface area contributed by atoms with Gasteiger partial charge in [0.05, 0.1) is 0 Å². The Morgan fingerprint density at radius 3 is 2.20 bits per heavy atom. The molecule has 114 valence electrons. The molecule has 2 heterocycles. The average molecular weight is 283 g/mol. The van der Waals surface area contributed by atoms with Crippen LogP contribution < -0.4 is 10.6 Å². The Bertz CT molecular complexity index is 415. The summed E-state index contributed by atoms with van der Waals surface area (Å²) in [6.45, 7) is 10.6. The van der Waals surface area contributed by atoms with Crippen molar-refractivity contribution < 1.29 is 14.3 Å². The van der Waals surface area contributed by atoms with Gasteiger partial charge in [0, 0.05) is 17.7 Å². The summed E-state index contributed by atoms with van der Waals surface area (Å²) >= 11 is 0. The number of hydrogen-bond acceptors (Lipinski definition) is 4. The first kappa shape index (κ1) is 15.3. The molecule has 3 amide bonds. The van der Waals surface area contributed by atoms with Crippen LogP contribution in [0.4, 0.5) is 4.79 Å². The van der Waals surface area contributed by atoms with Gasteiger partial charge in [-0.2, -0.15) is 0 Å². The maximum Gasteiger partial charge on any atom is 0.326 e. The van der Waals surface area contributed by atoms with Gasteiger partial charge in [0.2, 0.25) is 0 Å². The van der Waals surface area contributed by atoms with Gasteiger partial charge in [-0.1, -0.05) is 0 Å². The molecule has 0 atom stereocenters. The van der Waals surface area contributed by atoms with Crippen molar-refractivity contribution in [3.05, 3.63) is 0 Å². The first-order valence-electron chi connectivity index (χ1n) is 7.12. The van der Waals surface area contributed by atoms with Gasteiger partial charge in [0.25, 0.3) is 5.91 Å². The maximum absolute atomic E-state index is 12.7. The fraction of sp³-hybridized carbons (Fsp3) is 0.857. The number of ether oxygens (including phenoxy) is 1. The topological polar surface area (TPSA) is 70.7 Å². The number of carbonyl (C=O) groups is 2. The quantitative estimate of drug-likeness (QED) is 0.764. The number of hydrogen-bond donors (Lipinski definition) is 2. The van der Waals surface area contributed by atoms with Crippen LogP contribution in [0, 0.1) is 0 Å². The third kappa shape index (κ3) is 2.67. The molecule has 2 rings (SSSR count). The molecule has 0 aromatic rings. The molecule has 6 nitrogen and oxygen atoms in total. The zero-order chi connectivity index (χ0) is 15.2. The van der Waals surface area contributed by atoms with Crippen molar-refractivity contribution in [3.63, 3.8) is 0 Å². The summed E-state index contributed by atoms with van der Waals surface area (Å²) < 4.78 is 5.22. The first-order valence-corrected chi connectivity index (χ1v) is 7.12.